The first-order valence-corrected chi connectivity index (χ1v) is 8.22. The van der Waals surface area contributed by atoms with Crippen LogP contribution >= 0.6 is 24.0 Å². The number of guanidine groups is 1. The zero-order valence-electron chi connectivity index (χ0n) is 15.2. The number of hydrogen-bond acceptors (Lipinski definition) is 3. The number of hydrogen-bond donors (Lipinski definition) is 0. The summed E-state index contributed by atoms with van der Waals surface area (Å²) < 4.78 is 11.3. The Balaban J connectivity index is 0.00000288. The van der Waals surface area contributed by atoms with Gasteiger partial charge >= 0.3 is 0 Å². The summed E-state index contributed by atoms with van der Waals surface area (Å²) in [5, 5.41) is 0. The second kappa shape index (κ2) is 10.9. The summed E-state index contributed by atoms with van der Waals surface area (Å²) in [5.41, 5.74) is 2.42. The lowest BCUT2D eigenvalue weighted by molar-refractivity contribution is -0.0390. The molecule has 2 rings (SSSR count). The first kappa shape index (κ1) is 21.2. The standard InChI is InChI=1S/C18H29N3O2.HI/c1-20(2)18(21(3)4)19-13-15-5-7-16(8-6-15)14-23-17-9-11-22-12-10-17;/h5-8,17H,9-14H2,1-4H3;1H. The van der Waals surface area contributed by atoms with Gasteiger partial charge in [0.15, 0.2) is 5.96 Å². The molecule has 0 aromatic heterocycles. The van der Waals surface area contributed by atoms with Crippen molar-refractivity contribution in [2.75, 3.05) is 41.4 Å². The van der Waals surface area contributed by atoms with E-state index in [-0.39, 0.29) is 24.0 Å². The van der Waals surface area contributed by atoms with Crippen molar-refractivity contribution in [2.45, 2.75) is 32.1 Å². The molecule has 5 nitrogen and oxygen atoms in total. The highest BCUT2D eigenvalue weighted by Crippen LogP contribution is 2.14. The molecule has 1 aliphatic heterocycles. The Morgan fingerprint density at radius 2 is 1.58 bits per heavy atom. The van der Waals surface area contributed by atoms with Gasteiger partial charge in [0, 0.05) is 41.4 Å². The van der Waals surface area contributed by atoms with Crippen LogP contribution in [0.15, 0.2) is 29.3 Å². The van der Waals surface area contributed by atoms with Crippen LogP contribution in [-0.2, 0) is 22.6 Å². The predicted molar refractivity (Wildman–Crippen MR) is 109 cm³/mol. The van der Waals surface area contributed by atoms with Crippen molar-refractivity contribution in [1.82, 2.24) is 9.80 Å². The number of ether oxygens (including phenoxy) is 2. The molecule has 0 saturated carbocycles. The maximum atomic E-state index is 5.95. The van der Waals surface area contributed by atoms with Crippen molar-refractivity contribution >= 4 is 29.9 Å². The molecule has 0 bridgehead atoms. The van der Waals surface area contributed by atoms with Crippen LogP contribution in [0.5, 0.6) is 0 Å². The van der Waals surface area contributed by atoms with Gasteiger partial charge in [-0.15, -0.1) is 24.0 Å². The Morgan fingerprint density at radius 1 is 1.04 bits per heavy atom. The lowest BCUT2D eigenvalue weighted by Crippen LogP contribution is -2.35. The third-order valence-electron chi connectivity index (χ3n) is 3.88. The van der Waals surface area contributed by atoms with Crippen LogP contribution in [0, 0.1) is 0 Å². The number of aliphatic imine (C=N–C) groups is 1. The van der Waals surface area contributed by atoms with Crippen molar-refractivity contribution in [3.05, 3.63) is 35.4 Å². The van der Waals surface area contributed by atoms with E-state index in [0.29, 0.717) is 19.3 Å². The fraction of sp³-hybridized carbons (Fsp3) is 0.611. The number of halogens is 1. The van der Waals surface area contributed by atoms with Gasteiger partial charge in [-0.25, -0.2) is 4.99 Å². The quantitative estimate of drug-likeness (QED) is 0.395. The van der Waals surface area contributed by atoms with Crippen molar-refractivity contribution in [2.24, 2.45) is 4.99 Å². The van der Waals surface area contributed by atoms with E-state index in [1.54, 1.807) is 0 Å². The molecule has 0 amide bonds. The number of benzene rings is 1. The molecule has 136 valence electrons. The molecule has 0 radical (unpaired) electrons. The smallest absolute Gasteiger partial charge is 0.195 e. The van der Waals surface area contributed by atoms with Gasteiger partial charge in [0.25, 0.3) is 0 Å². The first-order valence-electron chi connectivity index (χ1n) is 8.22. The molecule has 1 fully saturated rings. The first-order chi connectivity index (χ1) is 11.1. The third-order valence-corrected chi connectivity index (χ3v) is 3.88. The zero-order chi connectivity index (χ0) is 16.7. The summed E-state index contributed by atoms with van der Waals surface area (Å²) >= 11 is 0. The Hall–Kier alpha value is -0.860. The summed E-state index contributed by atoms with van der Waals surface area (Å²) in [6, 6.07) is 8.54. The topological polar surface area (TPSA) is 37.3 Å². The molecule has 0 aliphatic carbocycles. The normalized spacial score (nSPS) is 14.7. The molecule has 0 unspecified atom stereocenters. The van der Waals surface area contributed by atoms with Gasteiger partial charge in [0.2, 0.25) is 0 Å². The summed E-state index contributed by atoms with van der Waals surface area (Å²) in [7, 11) is 8.04. The number of nitrogens with zero attached hydrogens (tertiary/aromatic N) is 3. The van der Waals surface area contributed by atoms with E-state index >= 15 is 0 Å². The highest BCUT2D eigenvalue weighted by molar-refractivity contribution is 14.0. The molecule has 0 spiro atoms. The van der Waals surface area contributed by atoms with Crippen LogP contribution in [0.3, 0.4) is 0 Å². The Kier molecular flexibility index (Phi) is 9.61. The Labute approximate surface area is 163 Å². The molecule has 1 aromatic rings. The lowest BCUT2D eigenvalue weighted by atomic mass is 10.1. The zero-order valence-corrected chi connectivity index (χ0v) is 17.5. The van der Waals surface area contributed by atoms with Crippen molar-refractivity contribution in [1.29, 1.82) is 0 Å². The molecule has 24 heavy (non-hydrogen) atoms. The third kappa shape index (κ3) is 6.94. The van der Waals surface area contributed by atoms with Crippen molar-refractivity contribution in [3.8, 4) is 0 Å². The van der Waals surface area contributed by atoms with Gasteiger partial charge in [-0.05, 0) is 24.0 Å². The fourth-order valence-corrected chi connectivity index (χ4v) is 2.64. The van der Waals surface area contributed by atoms with E-state index < -0.39 is 0 Å². The average Bonchev–Trinajstić information content (AvgIpc) is 2.54. The second-order valence-corrected chi connectivity index (χ2v) is 6.34. The summed E-state index contributed by atoms with van der Waals surface area (Å²) in [6.45, 7) is 3.00. The summed E-state index contributed by atoms with van der Waals surface area (Å²) in [6.07, 6.45) is 2.35. The van der Waals surface area contributed by atoms with Gasteiger partial charge in [-0.2, -0.15) is 0 Å². The molecule has 6 heteroatoms. The monoisotopic (exact) mass is 447 g/mol. The van der Waals surface area contributed by atoms with Gasteiger partial charge in [0.05, 0.1) is 19.3 Å². The van der Waals surface area contributed by atoms with Crippen LogP contribution in [0.25, 0.3) is 0 Å². The molecular weight excluding hydrogens is 417 g/mol. The minimum Gasteiger partial charge on any atom is -0.381 e. The largest absolute Gasteiger partial charge is 0.381 e. The van der Waals surface area contributed by atoms with E-state index in [2.05, 4.69) is 29.3 Å². The summed E-state index contributed by atoms with van der Waals surface area (Å²) in [5.74, 6) is 0.969. The SMILES string of the molecule is CN(C)C(=NCc1ccc(COC2CCOCC2)cc1)N(C)C.I. The molecular formula is C18H30IN3O2. The number of rotatable bonds is 5. The molecule has 1 aliphatic rings. The minimum atomic E-state index is 0. The highest BCUT2D eigenvalue weighted by atomic mass is 127. The van der Waals surface area contributed by atoms with Gasteiger partial charge in [-0.3, -0.25) is 0 Å². The van der Waals surface area contributed by atoms with E-state index in [1.807, 2.05) is 38.0 Å². The Bertz CT molecular complexity index is 487. The van der Waals surface area contributed by atoms with Crippen molar-refractivity contribution < 1.29 is 9.47 Å². The summed E-state index contributed by atoms with van der Waals surface area (Å²) in [4.78, 5) is 8.71. The van der Waals surface area contributed by atoms with Crippen LogP contribution in [-0.4, -0.2) is 63.3 Å². The molecule has 1 heterocycles. The van der Waals surface area contributed by atoms with Gasteiger partial charge < -0.3 is 19.3 Å². The van der Waals surface area contributed by atoms with E-state index in [4.69, 9.17) is 9.47 Å². The maximum absolute atomic E-state index is 5.95. The van der Waals surface area contributed by atoms with Crippen LogP contribution in [0.4, 0.5) is 0 Å². The van der Waals surface area contributed by atoms with E-state index in [0.717, 1.165) is 32.0 Å². The van der Waals surface area contributed by atoms with Gasteiger partial charge in [-0.1, -0.05) is 24.3 Å². The van der Waals surface area contributed by atoms with E-state index in [9.17, 15) is 0 Å². The van der Waals surface area contributed by atoms with E-state index in [1.165, 1.54) is 11.1 Å². The average molecular weight is 447 g/mol. The maximum Gasteiger partial charge on any atom is 0.195 e. The van der Waals surface area contributed by atoms with Gasteiger partial charge in [0.1, 0.15) is 0 Å². The Morgan fingerprint density at radius 3 is 2.12 bits per heavy atom. The molecule has 0 atom stereocenters. The van der Waals surface area contributed by atoms with Crippen LogP contribution in [0.2, 0.25) is 0 Å². The molecule has 1 saturated heterocycles. The second-order valence-electron chi connectivity index (χ2n) is 6.34. The molecule has 1 aromatic carbocycles. The van der Waals surface area contributed by atoms with Crippen molar-refractivity contribution in [3.63, 3.8) is 0 Å². The predicted octanol–water partition coefficient (Wildman–Crippen LogP) is 2.98. The highest BCUT2D eigenvalue weighted by Gasteiger charge is 2.13. The van der Waals surface area contributed by atoms with Crippen LogP contribution < -0.4 is 0 Å². The lowest BCUT2D eigenvalue weighted by Gasteiger charge is -2.23. The fourth-order valence-electron chi connectivity index (χ4n) is 2.64. The van der Waals surface area contributed by atoms with Crippen LogP contribution in [0.1, 0.15) is 24.0 Å². The molecule has 0 N–H and O–H groups in total. The minimum absolute atomic E-state index is 0.